The van der Waals surface area contributed by atoms with Crippen molar-refractivity contribution in [2.75, 3.05) is 0 Å². The monoisotopic (exact) mass is 272 g/mol. The van der Waals surface area contributed by atoms with Crippen molar-refractivity contribution in [3.8, 4) is 16.9 Å². The lowest BCUT2D eigenvalue weighted by atomic mass is 10.0. The summed E-state index contributed by atoms with van der Waals surface area (Å²) in [5, 5.41) is 10.9. The third-order valence-corrected chi connectivity index (χ3v) is 3.19. The number of hydrogen-bond acceptors (Lipinski definition) is 3. The lowest BCUT2D eigenvalue weighted by molar-refractivity contribution is 0.110. The normalized spacial score (nSPS) is 10.8. The molecule has 19 heavy (non-hydrogen) atoms. The number of rotatable bonds is 2. The average molecular weight is 273 g/mol. The minimum Gasteiger partial charge on any atom is -0.508 e. The van der Waals surface area contributed by atoms with E-state index in [2.05, 4.69) is 0 Å². The van der Waals surface area contributed by atoms with E-state index in [0.717, 1.165) is 10.9 Å². The molecule has 3 nitrogen and oxygen atoms in total. The van der Waals surface area contributed by atoms with E-state index in [9.17, 15) is 9.90 Å². The number of phenols is 1. The molecule has 0 amide bonds. The summed E-state index contributed by atoms with van der Waals surface area (Å²) in [5.74, 6) is 0.337. The van der Waals surface area contributed by atoms with Gasteiger partial charge in [-0.3, -0.25) is 4.79 Å². The Labute approximate surface area is 114 Å². The van der Waals surface area contributed by atoms with E-state index in [0.29, 0.717) is 22.5 Å². The summed E-state index contributed by atoms with van der Waals surface area (Å²) < 4.78 is 5.45. The fourth-order valence-corrected chi connectivity index (χ4v) is 2.23. The van der Waals surface area contributed by atoms with Crippen molar-refractivity contribution in [2.24, 2.45) is 0 Å². The van der Waals surface area contributed by atoms with E-state index >= 15 is 0 Å². The Balaban J connectivity index is 2.32. The van der Waals surface area contributed by atoms with Crippen molar-refractivity contribution in [1.82, 2.24) is 0 Å². The van der Waals surface area contributed by atoms with Gasteiger partial charge >= 0.3 is 0 Å². The van der Waals surface area contributed by atoms with E-state index in [1.807, 2.05) is 12.1 Å². The van der Waals surface area contributed by atoms with Gasteiger partial charge < -0.3 is 9.52 Å². The molecule has 1 N–H and O–H groups in total. The topological polar surface area (TPSA) is 50.4 Å². The van der Waals surface area contributed by atoms with Gasteiger partial charge in [0, 0.05) is 22.0 Å². The van der Waals surface area contributed by atoms with Crippen molar-refractivity contribution < 1.29 is 14.3 Å². The van der Waals surface area contributed by atoms with Crippen molar-refractivity contribution in [2.45, 2.75) is 0 Å². The van der Waals surface area contributed by atoms with E-state index < -0.39 is 0 Å². The van der Waals surface area contributed by atoms with Crippen molar-refractivity contribution in [1.29, 1.82) is 0 Å². The summed E-state index contributed by atoms with van der Waals surface area (Å²) in [5.41, 5.74) is 2.03. The van der Waals surface area contributed by atoms with Gasteiger partial charge in [-0.25, -0.2) is 0 Å². The largest absolute Gasteiger partial charge is 0.508 e. The number of halogens is 1. The zero-order chi connectivity index (χ0) is 13.4. The van der Waals surface area contributed by atoms with Crippen LogP contribution in [0.15, 0.2) is 46.9 Å². The van der Waals surface area contributed by atoms with Gasteiger partial charge in [-0.15, -0.1) is 0 Å². The number of benzene rings is 2. The standard InChI is InChI=1S/C15H9ClO3/c16-10-3-1-9(2-4-10)15-12-6-5-11(18)7-13(12)19-14(15)8-17/h1-8,18H. The quantitative estimate of drug-likeness (QED) is 0.709. The summed E-state index contributed by atoms with van der Waals surface area (Å²) in [4.78, 5) is 11.1. The van der Waals surface area contributed by atoms with E-state index in [4.69, 9.17) is 16.0 Å². The molecule has 0 aliphatic carbocycles. The van der Waals surface area contributed by atoms with Crippen LogP contribution in [0.2, 0.25) is 5.02 Å². The maximum absolute atomic E-state index is 11.1. The third kappa shape index (κ3) is 1.98. The molecule has 1 aromatic heterocycles. The highest BCUT2D eigenvalue weighted by molar-refractivity contribution is 6.30. The van der Waals surface area contributed by atoms with Crippen LogP contribution in [0.1, 0.15) is 10.6 Å². The minimum atomic E-state index is 0.0985. The molecule has 0 fully saturated rings. The van der Waals surface area contributed by atoms with Gasteiger partial charge in [0.25, 0.3) is 0 Å². The van der Waals surface area contributed by atoms with Crippen LogP contribution < -0.4 is 0 Å². The number of phenolic OH excluding ortho intramolecular Hbond substituents is 1. The molecule has 2 aromatic carbocycles. The van der Waals surface area contributed by atoms with E-state index in [1.165, 1.54) is 6.07 Å². The van der Waals surface area contributed by atoms with E-state index in [1.54, 1.807) is 24.3 Å². The lowest BCUT2D eigenvalue weighted by Gasteiger charge is -2.00. The fourth-order valence-electron chi connectivity index (χ4n) is 2.10. The predicted octanol–water partition coefficient (Wildman–Crippen LogP) is 4.27. The first-order chi connectivity index (χ1) is 9.19. The molecule has 0 saturated heterocycles. The molecular weight excluding hydrogens is 264 g/mol. The molecule has 0 radical (unpaired) electrons. The molecule has 0 atom stereocenters. The summed E-state index contributed by atoms with van der Waals surface area (Å²) in [6.45, 7) is 0. The fraction of sp³-hybridized carbons (Fsp3) is 0. The van der Waals surface area contributed by atoms with E-state index in [-0.39, 0.29) is 11.5 Å². The number of carbonyl (C=O) groups excluding carboxylic acids is 1. The number of furan rings is 1. The maximum atomic E-state index is 11.1. The first kappa shape index (κ1) is 11.8. The summed E-state index contributed by atoms with van der Waals surface area (Å²) in [6, 6.07) is 11.9. The Hall–Kier alpha value is -2.26. The van der Waals surface area contributed by atoms with Crippen LogP contribution in [0.25, 0.3) is 22.1 Å². The molecule has 4 heteroatoms. The Morgan fingerprint density at radius 2 is 1.84 bits per heavy atom. The van der Waals surface area contributed by atoms with Gasteiger partial charge in [-0.1, -0.05) is 23.7 Å². The third-order valence-electron chi connectivity index (χ3n) is 2.94. The highest BCUT2D eigenvalue weighted by Gasteiger charge is 2.15. The first-order valence-corrected chi connectivity index (χ1v) is 6.03. The van der Waals surface area contributed by atoms with Crippen LogP contribution in [0.3, 0.4) is 0 Å². The van der Waals surface area contributed by atoms with Gasteiger partial charge in [0.2, 0.25) is 0 Å². The molecule has 0 unspecified atom stereocenters. The smallest absolute Gasteiger partial charge is 0.186 e. The molecule has 0 aliphatic rings. The highest BCUT2D eigenvalue weighted by Crippen LogP contribution is 2.35. The molecule has 94 valence electrons. The van der Waals surface area contributed by atoms with Gasteiger partial charge in [-0.2, -0.15) is 0 Å². The molecule has 1 heterocycles. The van der Waals surface area contributed by atoms with Crippen molar-refractivity contribution >= 4 is 28.9 Å². The highest BCUT2D eigenvalue weighted by atomic mass is 35.5. The van der Waals surface area contributed by atoms with Crippen molar-refractivity contribution in [3.05, 3.63) is 53.2 Å². The second-order valence-corrected chi connectivity index (χ2v) is 4.58. The maximum Gasteiger partial charge on any atom is 0.186 e. The van der Waals surface area contributed by atoms with Crippen LogP contribution in [0.4, 0.5) is 0 Å². The van der Waals surface area contributed by atoms with Gasteiger partial charge in [0.1, 0.15) is 11.3 Å². The Morgan fingerprint density at radius 3 is 2.53 bits per heavy atom. The molecule has 0 aliphatic heterocycles. The van der Waals surface area contributed by atoms with Crippen LogP contribution in [-0.2, 0) is 0 Å². The Kier molecular flexibility index (Phi) is 2.76. The SMILES string of the molecule is O=Cc1oc2cc(O)ccc2c1-c1ccc(Cl)cc1. The van der Waals surface area contributed by atoms with Gasteiger partial charge in [-0.05, 0) is 29.8 Å². The first-order valence-electron chi connectivity index (χ1n) is 5.65. The van der Waals surface area contributed by atoms with Crippen LogP contribution in [0.5, 0.6) is 5.75 Å². The molecule has 0 spiro atoms. The zero-order valence-electron chi connectivity index (χ0n) is 9.76. The molecule has 3 aromatic rings. The number of fused-ring (bicyclic) bond motifs is 1. The molecule has 3 rings (SSSR count). The van der Waals surface area contributed by atoms with Gasteiger partial charge in [0.15, 0.2) is 12.0 Å². The lowest BCUT2D eigenvalue weighted by Crippen LogP contribution is -1.82. The Morgan fingerprint density at radius 1 is 1.11 bits per heavy atom. The summed E-state index contributed by atoms with van der Waals surface area (Å²) >= 11 is 5.86. The number of carbonyl (C=O) groups is 1. The second-order valence-electron chi connectivity index (χ2n) is 4.15. The van der Waals surface area contributed by atoms with Gasteiger partial charge in [0.05, 0.1) is 0 Å². The molecule has 0 bridgehead atoms. The molecule has 0 saturated carbocycles. The van der Waals surface area contributed by atoms with Crippen LogP contribution >= 0.6 is 11.6 Å². The number of hydrogen-bond donors (Lipinski definition) is 1. The number of aromatic hydroxyl groups is 1. The number of aldehydes is 1. The average Bonchev–Trinajstić information content (AvgIpc) is 2.77. The Bertz CT molecular complexity index is 757. The molecular formula is C15H9ClO3. The van der Waals surface area contributed by atoms with Crippen LogP contribution in [0, 0.1) is 0 Å². The zero-order valence-corrected chi connectivity index (χ0v) is 10.5. The summed E-state index contributed by atoms with van der Waals surface area (Å²) in [7, 11) is 0. The second kappa shape index (κ2) is 4.44. The summed E-state index contributed by atoms with van der Waals surface area (Å²) in [6.07, 6.45) is 0.668. The minimum absolute atomic E-state index is 0.0985. The predicted molar refractivity (Wildman–Crippen MR) is 73.7 cm³/mol. The van der Waals surface area contributed by atoms with Crippen LogP contribution in [-0.4, -0.2) is 11.4 Å². The van der Waals surface area contributed by atoms with Crippen molar-refractivity contribution in [3.63, 3.8) is 0 Å².